The van der Waals surface area contributed by atoms with Gasteiger partial charge in [-0.3, -0.25) is 0 Å². The molecule has 0 fully saturated rings. The number of imidazole rings is 3. The molecule has 0 amide bonds. The monoisotopic (exact) mass is 425 g/mol. The van der Waals surface area contributed by atoms with Gasteiger partial charge in [0, 0.05) is 54.9 Å². The lowest BCUT2D eigenvalue weighted by molar-refractivity contribution is 0.263. The smallest absolute Gasteiger partial charge is 0.105 e. The minimum Gasteiger partial charge on any atom is -0.346 e. The average molecular weight is 426 g/mol. The van der Waals surface area contributed by atoms with E-state index in [9.17, 15) is 0 Å². The summed E-state index contributed by atoms with van der Waals surface area (Å²) in [4.78, 5) is 26.2. The summed E-state index contributed by atoms with van der Waals surface area (Å²) in [6.07, 6.45) is 15.5. The van der Waals surface area contributed by atoms with Crippen LogP contribution in [0.5, 0.6) is 0 Å². The molecule has 0 aliphatic heterocycles. The Bertz CT molecular complexity index is 761. The van der Waals surface area contributed by atoms with Gasteiger partial charge in [0.25, 0.3) is 0 Å². The molecule has 31 heavy (non-hydrogen) atoms. The number of aromatic amines is 3. The van der Waals surface area contributed by atoms with Crippen LogP contribution in [-0.2, 0) is 38.5 Å². The second kappa shape index (κ2) is 12.4. The van der Waals surface area contributed by atoms with E-state index >= 15 is 0 Å². The zero-order valence-electron chi connectivity index (χ0n) is 19.5. The Balaban J connectivity index is 1.45. The van der Waals surface area contributed by atoms with E-state index in [-0.39, 0.29) is 0 Å². The first-order valence-corrected chi connectivity index (χ1v) is 12.0. The fourth-order valence-electron chi connectivity index (χ4n) is 3.95. The van der Waals surface area contributed by atoms with Crippen molar-refractivity contribution in [1.82, 2.24) is 34.8 Å². The van der Waals surface area contributed by atoms with E-state index in [4.69, 9.17) is 0 Å². The van der Waals surface area contributed by atoms with Crippen LogP contribution in [0.2, 0.25) is 0 Å². The molecule has 0 saturated heterocycles. The molecule has 3 heterocycles. The van der Waals surface area contributed by atoms with Crippen molar-refractivity contribution in [3.05, 3.63) is 53.1 Å². The predicted molar refractivity (Wildman–Crippen MR) is 125 cm³/mol. The first-order chi connectivity index (χ1) is 15.2. The molecule has 0 atom stereocenters. The van der Waals surface area contributed by atoms with Gasteiger partial charge in [0.15, 0.2) is 0 Å². The Morgan fingerprint density at radius 3 is 1.16 bits per heavy atom. The normalized spacial score (nSPS) is 11.6. The molecule has 3 aromatic rings. The third kappa shape index (κ3) is 7.65. The van der Waals surface area contributed by atoms with E-state index in [0.717, 1.165) is 94.9 Å². The Kier molecular flexibility index (Phi) is 9.34. The molecule has 7 heteroatoms. The highest BCUT2D eigenvalue weighted by atomic mass is 15.1. The first kappa shape index (κ1) is 23.3. The van der Waals surface area contributed by atoms with Crippen molar-refractivity contribution in [1.29, 1.82) is 0 Å². The van der Waals surface area contributed by atoms with Crippen LogP contribution in [0, 0.1) is 0 Å². The summed E-state index contributed by atoms with van der Waals surface area (Å²) in [6.45, 7) is 9.76. The molecule has 0 aromatic carbocycles. The van der Waals surface area contributed by atoms with Gasteiger partial charge in [-0.05, 0) is 58.2 Å². The summed E-state index contributed by atoms with van der Waals surface area (Å²) in [7, 11) is 0. The second-order valence-corrected chi connectivity index (χ2v) is 8.28. The molecule has 0 bridgehead atoms. The van der Waals surface area contributed by atoms with Crippen molar-refractivity contribution >= 4 is 0 Å². The maximum Gasteiger partial charge on any atom is 0.105 e. The van der Waals surface area contributed by atoms with Crippen LogP contribution in [0.15, 0.2) is 18.6 Å². The molecule has 170 valence electrons. The number of hydrogen-bond acceptors (Lipinski definition) is 4. The van der Waals surface area contributed by atoms with Gasteiger partial charge >= 0.3 is 0 Å². The molecule has 0 aliphatic rings. The molecule has 0 spiro atoms. The Hall–Kier alpha value is -2.41. The molecule has 3 rings (SSSR count). The van der Waals surface area contributed by atoms with Crippen LogP contribution < -0.4 is 0 Å². The Morgan fingerprint density at radius 2 is 0.903 bits per heavy atom. The predicted octanol–water partition coefficient (Wildman–Crippen LogP) is 4.04. The molecular formula is C24H39N7. The second-order valence-electron chi connectivity index (χ2n) is 8.28. The molecule has 0 radical (unpaired) electrons. The quantitative estimate of drug-likeness (QED) is 0.343. The SMILES string of the molecule is CCc1ncc(CCCN(CCCc2cnc(CC)[nH]2)CCCc2cnc(CC)[nH]2)[nH]1. The van der Waals surface area contributed by atoms with E-state index in [0.29, 0.717) is 0 Å². The zero-order chi connectivity index (χ0) is 21.9. The van der Waals surface area contributed by atoms with Gasteiger partial charge in [-0.25, -0.2) is 15.0 Å². The first-order valence-electron chi connectivity index (χ1n) is 12.0. The van der Waals surface area contributed by atoms with E-state index < -0.39 is 0 Å². The van der Waals surface area contributed by atoms with E-state index in [1.807, 2.05) is 18.6 Å². The van der Waals surface area contributed by atoms with Crippen LogP contribution in [-0.4, -0.2) is 54.4 Å². The van der Waals surface area contributed by atoms with Gasteiger partial charge in [-0.2, -0.15) is 0 Å². The van der Waals surface area contributed by atoms with Crippen molar-refractivity contribution in [2.75, 3.05) is 19.6 Å². The van der Waals surface area contributed by atoms with Crippen molar-refractivity contribution in [2.45, 2.75) is 78.6 Å². The molecule has 3 aromatic heterocycles. The van der Waals surface area contributed by atoms with Gasteiger partial charge < -0.3 is 19.9 Å². The minimum atomic E-state index is 0.965. The van der Waals surface area contributed by atoms with Crippen LogP contribution in [0.25, 0.3) is 0 Å². The van der Waals surface area contributed by atoms with Crippen molar-refractivity contribution in [3.8, 4) is 0 Å². The van der Waals surface area contributed by atoms with Gasteiger partial charge in [0.05, 0.1) is 0 Å². The molecular weight excluding hydrogens is 386 g/mol. The molecule has 3 N–H and O–H groups in total. The lowest BCUT2D eigenvalue weighted by Gasteiger charge is -2.22. The summed E-state index contributed by atoms with van der Waals surface area (Å²) < 4.78 is 0. The minimum absolute atomic E-state index is 0.965. The number of rotatable bonds is 15. The van der Waals surface area contributed by atoms with E-state index in [1.165, 1.54) is 17.1 Å². The van der Waals surface area contributed by atoms with Crippen LogP contribution in [0.3, 0.4) is 0 Å². The topological polar surface area (TPSA) is 89.3 Å². The largest absolute Gasteiger partial charge is 0.346 e. The van der Waals surface area contributed by atoms with Gasteiger partial charge in [-0.15, -0.1) is 0 Å². The van der Waals surface area contributed by atoms with Crippen molar-refractivity contribution < 1.29 is 0 Å². The summed E-state index contributed by atoms with van der Waals surface area (Å²) in [5, 5.41) is 0. The number of nitrogens with one attached hydrogen (secondary N) is 3. The maximum atomic E-state index is 4.43. The van der Waals surface area contributed by atoms with Crippen LogP contribution >= 0.6 is 0 Å². The maximum absolute atomic E-state index is 4.43. The highest BCUT2D eigenvalue weighted by Gasteiger charge is 2.08. The number of aromatic nitrogens is 6. The Labute approximate surface area is 186 Å². The third-order valence-electron chi connectivity index (χ3n) is 5.81. The van der Waals surface area contributed by atoms with Gasteiger partial charge in [0.2, 0.25) is 0 Å². The third-order valence-corrected chi connectivity index (χ3v) is 5.81. The number of nitrogens with zero attached hydrogens (tertiary/aromatic N) is 4. The molecule has 0 aliphatic carbocycles. The number of aryl methyl sites for hydroxylation is 6. The number of hydrogen-bond donors (Lipinski definition) is 3. The fraction of sp³-hybridized carbons (Fsp3) is 0.625. The lowest BCUT2D eigenvalue weighted by atomic mass is 10.2. The summed E-state index contributed by atoms with van der Waals surface area (Å²) in [5.41, 5.74) is 3.77. The average Bonchev–Trinajstić information content (AvgIpc) is 3.54. The van der Waals surface area contributed by atoms with Crippen molar-refractivity contribution in [3.63, 3.8) is 0 Å². The van der Waals surface area contributed by atoms with Crippen LogP contribution in [0.4, 0.5) is 0 Å². The van der Waals surface area contributed by atoms with Gasteiger partial charge in [-0.1, -0.05) is 20.8 Å². The van der Waals surface area contributed by atoms with Crippen LogP contribution in [0.1, 0.15) is 74.6 Å². The summed E-state index contributed by atoms with van der Waals surface area (Å²) in [6, 6.07) is 0. The lowest BCUT2D eigenvalue weighted by Crippen LogP contribution is -2.28. The zero-order valence-corrected chi connectivity index (χ0v) is 19.5. The number of H-pyrrole nitrogens is 3. The van der Waals surface area contributed by atoms with Gasteiger partial charge in [0.1, 0.15) is 17.5 Å². The molecule has 0 unspecified atom stereocenters. The fourth-order valence-corrected chi connectivity index (χ4v) is 3.95. The summed E-state index contributed by atoms with van der Waals surface area (Å²) in [5.74, 6) is 3.26. The standard InChI is InChI=1S/C24H39N7/c1-4-22-25-16-19(28-22)10-7-13-31(14-8-11-20-17-26-23(5-2)29-20)15-9-12-21-18-27-24(6-3)30-21/h16-18H,4-15H2,1-3H3,(H,25,28)(H,26,29)(H,27,30). The van der Waals surface area contributed by atoms with E-state index in [2.05, 4.69) is 55.6 Å². The van der Waals surface area contributed by atoms with Crippen molar-refractivity contribution in [2.24, 2.45) is 0 Å². The van der Waals surface area contributed by atoms with E-state index in [1.54, 1.807) is 0 Å². The molecule has 0 saturated carbocycles. The summed E-state index contributed by atoms with van der Waals surface area (Å²) >= 11 is 0. The highest BCUT2D eigenvalue weighted by Crippen LogP contribution is 2.08. The molecule has 7 nitrogen and oxygen atoms in total. The Morgan fingerprint density at radius 1 is 0.581 bits per heavy atom. The highest BCUT2D eigenvalue weighted by molar-refractivity contribution is 5.03.